The fraction of sp³-hybridized carbons (Fsp3) is 0.538. The molecular formula is C26H31N5O3. The zero-order valence-electron chi connectivity index (χ0n) is 19.8. The molecule has 3 aliphatic carbocycles. The first-order chi connectivity index (χ1) is 16.5. The highest BCUT2D eigenvalue weighted by molar-refractivity contribution is 5.73. The molecule has 0 aromatic carbocycles. The van der Waals surface area contributed by atoms with Gasteiger partial charge in [0.25, 0.3) is 0 Å². The number of amides is 1. The Labute approximate surface area is 199 Å². The van der Waals surface area contributed by atoms with Crippen molar-refractivity contribution >= 4 is 17.3 Å². The number of pyridine rings is 1. The summed E-state index contributed by atoms with van der Waals surface area (Å²) in [6, 6.07) is 6.34. The lowest BCUT2D eigenvalue weighted by molar-refractivity contribution is 0.127. The third-order valence-corrected chi connectivity index (χ3v) is 7.36. The zero-order chi connectivity index (χ0) is 23.7. The lowest BCUT2D eigenvalue weighted by Gasteiger charge is -2.23. The monoisotopic (exact) mass is 461 g/mol. The zero-order valence-corrected chi connectivity index (χ0v) is 19.8. The number of rotatable bonds is 6. The summed E-state index contributed by atoms with van der Waals surface area (Å²) in [5.41, 5.74) is 2.89. The van der Waals surface area contributed by atoms with Gasteiger partial charge in [0.1, 0.15) is 6.61 Å². The average Bonchev–Trinajstić information content (AvgIpc) is 3.52. The van der Waals surface area contributed by atoms with Crippen LogP contribution in [0.1, 0.15) is 69.8 Å². The molecule has 0 spiro atoms. The molecule has 1 atom stereocenters. The highest BCUT2D eigenvalue weighted by Crippen LogP contribution is 2.47. The van der Waals surface area contributed by atoms with Crippen molar-refractivity contribution in [3.63, 3.8) is 0 Å². The van der Waals surface area contributed by atoms with Gasteiger partial charge in [0.15, 0.2) is 17.2 Å². The Kier molecular flexibility index (Phi) is 6.03. The van der Waals surface area contributed by atoms with E-state index < -0.39 is 0 Å². The third-order valence-electron chi connectivity index (χ3n) is 7.36. The summed E-state index contributed by atoms with van der Waals surface area (Å²) in [7, 11) is 1.62. The predicted octanol–water partition coefficient (Wildman–Crippen LogP) is 4.70. The van der Waals surface area contributed by atoms with Crippen LogP contribution < -0.4 is 10.1 Å². The van der Waals surface area contributed by atoms with Gasteiger partial charge in [-0.05, 0) is 61.8 Å². The van der Waals surface area contributed by atoms with Gasteiger partial charge in [0.05, 0.1) is 24.3 Å². The molecule has 0 bridgehead atoms. The molecular weight excluding hydrogens is 430 g/mol. The van der Waals surface area contributed by atoms with Crippen molar-refractivity contribution in [3.05, 3.63) is 41.4 Å². The Bertz CT molecular complexity index is 1190. The first kappa shape index (κ1) is 22.5. The van der Waals surface area contributed by atoms with Crippen molar-refractivity contribution in [2.24, 2.45) is 5.92 Å². The van der Waals surface area contributed by atoms with Gasteiger partial charge in [-0.1, -0.05) is 32.3 Å². The molecule has 1 amide bonds. The molecule has 2 heterocycles. The van der Waals surface area contributed by atoms with Crippen LogP contribution in [-0.4, -0.2) is 40.4 Å². The minimum absolute atomic E-state index is 0.217. The topological polar surface area (TPSA) is 102 Å². The Morgan fingerprint density at radius 2 is 2.09 bits per heavy atom. The number of hydrogen-bond donors (Lipinski definition) is 1. The van der Waals surface area contributed by atoms with Crippen molar-refractivity contribution in [3.8, 4) is 11.8 Å². The van der Waals surface area contributed by atoms with E-state index in [9.17, 15) is 10.1 Å². The number of aromatic nitrogens is 3. The van der Waals surface area contributed by atoms with E-state index in [1.54, 1.807) is 7.11 Å². The van der Waals surface area contributed by atoms with Gasteiger partial charge in [-0.25, -0.2) is 14.3 Å². The van der Waals surface area contributed by atoms with Gasteiger partial charge in [-0.3, -0.25) is 0 Å². The summed E-state index contributed by atoms with van der Waals surface area (Å²) in [5, 5.41) is 17.3. The number of fused-ring (bicyclic) bond motifs is 1. The number of nitriles is 1. The maximum Gasteiger partial charge on any atom is 0.407 e. The quantitative estimate of drug-likeness (QED) is 0.669. The molecule has 34 heavy (non-hydrogen) atoms. The molecule has 8 heteroatoms. The second-order valence-corrected chi connectivity index (χ2v) is 9.80. The third kappa shape index (κ3) is 4.27. The number of nitrogens with zero attached hydrogens (tertiary/aromatic N) is 4. The highest BCUT2D eigenvalue weighted by atomic mass is 16.5. The van der Waals surface area contributed by atoms with Crippen LogP contribution in [-0.2, 0) is 10.2 Å². The molecule has 178 valence electrons. The van der Waals surface area contributed by atoms with Gasteiger partial charge in [0, 0.05) is 11.6 Å². The summed E-state index contributed by atoms with van der Waals surface area (Å²) in [6.07, 6.45) is 11.7. The van der Waals surface area contributed by atoms with E-state index in [0.29, 0.717) is 22.8 Å². The molecule has 3 aliphatic rings. The van der Waals surface area contributed by atoms with Crippen molar-refractivity contribution in [1.29, 1.82) is 5.26 Å². The minimum atomic E-state index is -0.359. The van der Waals surface area contributed by atoms with Gasteiger partial charge in [-0.15, -0.1) is 5.10 Å². The van der Waals surface area contributed by atoms with E-state index in [4.69, 9.17) is 19.6 Å². The molecule has 1 unspecified atom stereocenters. The van der Waals surface area contributed by atoms with Crippen molar-refractivity contribution < 1.29 is 14.3 Å². The number of carbonyl (C=O) groups is 1. The normalized spacial score (nSPS) is 21.9. The summed E-state index contributed by atoms with van der Waals surface area (Å²) in [5.74, 6) is 1.56. The van der Waals surface area contributed by atoms with Gasteiger partial charge in [-0.2, -0.15) is 5.26 Å². The molecule has 2 aromatic rings. The molecule has 2 fully saturated rings. The number of alkyl carbamates (subject to hydrolysis) is 1. The molecule has 0 radical (unpaired) electrons. The molecule has 0 aliphatic heterocycles. The number of hydrogen-bond acceptors (Lipinski definition) is 6. The van der Waals surface area contributed by atoms with Crippen molar-refractivity contribution in [1.82, 2.24) is 19.9 Å². The molecule has 2 saturated carbocycles. The molecule has 5 rings (SSSR count). The van der Waals surface area contributed by atoms with Crippen LogP contribution >= 0.6 is 0 Å². The van der Waals surface area contributed by atoms with Crippen LogP contribution in [0.2, 0.25) is 0 Å². The van der Waals surface area contributed by atoms with E-state index in [1.165, 1.54) is 6.42 Å². The van der Waals surface area contributed by atoms with Crippen LogP contribution in [0.25, 0.3) is 11.2 Å². The number of ether oxygens (including phenoxy) is 2. The molecule has 0 saturated heterocycles. The van der Waals surface area contributed by atoms with Crippen molar-refractivity contribution in [2.75, 3.05) is 13.7 Å². The molecule has 1 N–H and O–H groups in total. The van der Waals surface area contributed by atoms with Crippen LogP contribution in [0.4, 0.5) is 4.79 Å². The first-order valence-electron chi connectivity index (χ1n) is 12.2. The van der Waals surface area contributed by atoms with E-state index in [0.717, 1.165) is 56.2 Å². The first-order valence-corrected chi connectivity index (χ1v) is 12.2. The highest BCUT2D eigenvalue weighted by Gasteiger charge is 2.49. The summed E-state index contributed by atoms with van der Waals surface area (Å²) >= 11 is 0. The maximum atomic E-state index is 12.4. The largest absolute Gasteiger partial charge is 0.493 e. The van der Waals surface area contributed by atoms with Crippen LogP contribution in [0, 0.1) is 17.2 Å². The maximum absolute atomic E-state index is 12.4. The summed E-state index contributed by atoms with van der Waals surface area (Å²) in [6.45, 7) is 2.41. The van der Waals surface area contributed by atoms with Crippen LogP contribution in [0.5, 0.6) is 5.75 Å². The predicted molar refractivity (Wildman–Crippen MR) is 127 cm³/mol. The van der Waals surface area contributed by atoms with Crippen LogP contribution in [0.15, 0.2) is 29.9 Å². The summed E-state index contributed by atoms with van der Waals surface area (Å²) < 4.78 is 13.0. The number of methoxy groups -OCH3 is 1. The summed E-state index contributed by atoms with van der Waals surface area (Å²) in [4.78, 5) is 17.2. The molecule has 8 nitrogen and oxygen atoms in total. The second-order valence-electron chi connectivity index (χ2n) is 9.80. The molecule has 2 aromatic heterocycles. The SMILES string of the molecule is COc1ccc(C2=CC(C#N)=CCC2C)n2nc(C3(COC(=O)NC4CCCCC4)CC3)nc12. The van der Waals surface area contributed by atoms with Crippen LogP contribution in [0.3, 0.4) is 0 Å². The van der Waals surface area contributed by atoms with E-state index in [1.807, 2.05) is 28.8 Å². The smallest absolute Gasteiger partial charge is 0.407 e. The average molecular weight is 462 g/mol. The lowest BCUT2D eigenvalue weighted by atomic mass is 9.88. The minimum Gasteiger partial charge on any atom is -0.493 e. The Morgan fingerprint density at radius 3 is 2.79 bits per heavy atom. The Balaban J connectivity index is 1.40. The number of allylic oxidation sites excluding steroid dienone is 4. The Morgan fingerprint density at radius 1 is 1.29 bits per heavy atom. The Hall–Kier alpha value is -3.34. The fourth-order valence-electron chi connectivity index (χ4n) is 4.99. The van der Waals surface area contributed by atoms with Gasteiger partial charge >= 0.3 is 6.09 Å². The van der Waals surface area contributed by atoms with Gasteiger partial charge < -0.3 is 14.8 Å². The van der Waals surface area contributed by atoms with Gasteiger partial charge in [0.2, 0.25) is 0 Å². The van der Waals surface area contributed by atoms with E-state index in [-0.39, 0.29) is 30.1 Å². The lowest BCUT2D eigenvalue weighted by Crippen LogP contribution is -2.37. The van der Waals surface area contributed by atoms with E-state index in [2.05, 4.69) is 18.3 Å². The second kappa shape index (κ2) is 9.13. The fourth-order valence-corrected chi connectivity index (χ4v) is 4.99. The standard InChI is InChI=1S/C26H31N5O3/c1-17-8-9-18(15-27)14-20(17)21-10-11-22(33-2)23-29-24(30-31(21)23)26(12-13-26)16-34-25(32)28-19-6-4-3-5-7-19/h9-11,14,17,19H,3-8,12-13,16H2,1-2H3,(H,28,32). The van der Waals surface area contributed by atoms with E-state index >= 15 is 0 Å². The van der Waals surface area contributed by atoms with Crippen molar-refractivity contribution in [2.45, 2.75) is 69.7 Å². The number of carbonyl (C=O) groups excluding carboxylic acids is 1. The number of nitrogens with one attached hydrogen (secondary N) is 1.